The number of hydrogen-bond donors (Lipinski definition) is 1. The van der Waals surface area contributed by atoms with Gasteiger partial charge in [-0.3, -0.25) is 14.3 Å². The SMILES string of the molecule is CCCCCCCCN1CC(CCCCCCCN2CN(C)c3c2n(C)c(=O)[nH]c3=O)OC1=O. The molecule has 1 fully saturated rings. The lowest BCUT2D eigenvalue weighted by atomic mass is 10.1. The van der Waals surface area contributed by atoms with Crippen LogP contribution >= 0.6 is 0 Å². The number of nitrogens with one attached hydrogen (secondary N) is 1. The summed E-state index contributed by atoms with van der Waals surface area (Å²) in [7, 11) is 3.58. The number of carbonyl (C=O) groups is 1. The van der Waals surface area contributed by atoms with Crippen molar-refractivity contribution in [1.82, 2.24) is 14.5 Å². The number of unbranched alkanes of at least 4 members (excludes halogenated alkanes) is 9. The first-order valence-corrected chi connectivity index (χ1v) is 13.2. The molecule has 2 aliphatic rings. The molecule has 0 aromatic carbocycles. The summed E-state index contributed by atoms with van der Waals surface area (Å²) in [6.07, 6.45) is 13.7. The number of nitrogens with zero attached hydrogens (tertiary/aromatic N) is 4. The average Bonchev–Trinajstić information content (AvgIpc) is 3.33. The minimum atomic E-state index is -0.373. The van der Waals surface area contributed by atoms with E-state index >= 15 is 0 Å². The highest BCUT2D eigenvalue weighted by molar-refractivity contribution is 5.71. The monoisotopic (exact) mass is 477 g/mol. The van der Waals surface area contributed by atoms with E-state index in [9.17, 15) is 14.4 Å². The summed E-state index contributed by atoms with van der Waals surface area (Å²) in [5, 5.41) is 0. The predicted octanol–water partition coefficient (Wildman–Crippen LogP) is 3.81. The number of hydrogen-bond acceptors (Lipinski definition) is 6. The minimum absolute atomic E-state index is 0.0450. The molecule has 0 spiro atoms. The van der Waals surface area contributed by atoms with E-state index in [0.717, 1.165) is 64.6 Å². The third kappa shape index (κ3) is 6.79. The van der Waals surface area contributed by atoms with Crippen LogP contribution in [0.25, 0.3) is 0 Å². The van der Waals surface area contributed by atoms with E-state index in [2.05, 4.69) is 16.8 Å². The molecule has 1 aromatic heterocycles. The zero-order chi connectivity index (χ0) is 24.5. The molecule has 1 amide bonds. The molecule has 9 heteroatoms. The predicted molar refractivity (Wildman–Crippen MR) is 136 cm³/mol. The van der Waals surface area contributed by atoms with Gasteiger partial charge in [-0.25, -0.2) is 9.59 Å². The molecule has 1 saturated heterocycles. The highest BCUT2D eigenvalue weighted by Gasteiger charge is 2.30. The van der Waals surface area contributed by atoms with Gasteiger partial charge in [0.05, 0.1) is 13.2 Å². The Bertz CT molecular complexity index is 912. The molecule has 1 atom stereocenters. The van der Waals surface area contributed by atoms with Crippen molar-refractivity contribution in [2.24, 2.45) is 7.05 Å². The molecular weight excluding hydrogens is 434 g/mol. The lowest BCUT2D eigenvalue weighted by Gasteiger charge is -2.20. The molecule has 192 valence electrons. The molecule has 3 rings (SSSR count). The van der Waals surface area contributed by atoms with E-state index in [0.29, 0.717) is 18.2 Å². The number of carbonyl (C=O) groups excluding carboxylic acids is 1. The van der Waals surface area contributed by atoms with E-state index < -0.39 is 0 Å². The summed E-state index contributed by atoms with van der Waals surface area (Å²) < 4.78 is 7.08. The largest absolute Gasteiger partial charge is 0.444 e. The number of ether oxygens (including phenoxy) is 1. The normalized spacial score (nSPS) is 17.6. The lowest BCUT2D eigenvalue weighted by Crippen LogP contribution is -2.32. The first-order valence-electron chi connectivity index (χ1n) is 13.2. The van der Waals surface area contributed by atoms with Crippen LogP contribution < -0.4 is 21.0 Å². The molecular formula is C25H43N5O4. The van der Waals surface area contributed by atoms with Gasteiger partial charge in [0, 0.05) is 27.2 Å². The number of anilines is 2. The molecule has 34 heavy (non-hydrogen) atoms. The topological polar surface area (TPSA) is 90.9 Å². The lowest BCUT2D eigenvalue weighted by molar-refractivity contribution is 0.127. The fourth-order valence-corrected chi connectivity index (χ4v) is 5.07. The van der Waals surface area contributed by atoms with Gasteiger partial charge in [0.2, 0.25) is 0 Å². The Morgan fingerprint density at radius 3 is 2.18 bits per heavy atom. The molecule has 0 aliphatic carbocycles. The Kier molecular flexibility index (Phi) is 9.89. The fourth-order valence-electron chi connectivity index (χ4n) is 5.07. The van der Waals surface area contributed by atoms with Crippen LogP contribution in [0.3, 0.4) is 0 Å². The Labute approximate surface area is 203 Å². The number of cyclic esters (lactones) is 1. The average molecular weight is 478 g/mol. The van der Waals surface area contributed by atoms with Crippen LogP contribution in [0.2, 0.25) is 0 Å². The van der Waals surface area contributed by atoms with Gasteiger partial charge < -0.3 is 19.4 Å². The molecule has 1 unspecified atom stereocenters. The second-order valence-corrected chi connectivity index (χ2v) is 9.87. The second kappa shape index (κ2) is 12.9. The summed E-state index contributed by atoms with van der Waals surface area (Å²) >= 11 is 0. The van der Waals surface area contributed by atoms with Gasteiger partial charge in [-0.15, -0.1) is 0 Å². The van der Waals surface area contributed by atoms with Gasteiger partial charge in [-0.1, -0.05) is 58.3 Å². The van der Waals surface area contributed by atoms with Crippen molar-refractivity contribution in [2.45, 2.75) is 90.1 Å². The third-order valence-corrected chi connectivity index (χ3v) is 7.02. The van der Waals surface area contributed by atoms with Gasteiger partial charge in [0.1, 0.15) is 17.6 Å². The third-order valence-electron chi connectivity index (χ3n) is 7.02. The van der Waals surface area contributed by atoms with Gasteiger partial charge in [0.15, 0.2) is 0 Å². The number of aromatic nitrogens is 2. The summed E-state index contributed by atoms with van der Waals surface area (Å²) in [5.41, 5.74) is -0.123. The Hall–Kier alpha value is -2.45. The molecule has 0 radical (unpaired) electrons. The highest BCUT2D eigenvalue weighted by atomic mass is 16.6. The first kappa shape index (κ1) is 26.2. The molecule has 1 aromatic rings. The quantitative estimate of drug-likeness (QED) is 0.386. The van der Waals surface area contributed by atoms with Crippen molar-refractivity contribution < 1.29 is 9.53 Å². The van der Waals surface area contributed by atoms with Crippen molar-refractivity contribution in [1.29, 1.82) is 0 Å². The Morgan fingerprint density at radius 1 is 0.853 bits per heavy atom. The number of fused-ring (bicyclic) bond motifs is 1. The van der Waals surface area contributed by atoms with Crippen LogP contribution in [0.1, 0.15) is 84.0 Å². The molecule has 0 bridgehead atoms. The maximum atomic E-state index is 12.2. The summed E-state index contributed by atoms with van der Waals surface area (Å²) in [4.78, 5) is 44.5. The number of rotatable bonds is 15. The van der Waals surface area contributed by atoms with Gasteiger partial charge >= 0.3 is 11.8 Å². The van der Waals surface area contributed by atoms with Gasteiger partial charge in [0.25, 0.3) is 5.56 Å². The highest BCUT2D eigenvalue weighted by Crippen LogP contribution is 2.30. The summed E-state index contributed by atoms with van der Waals surface area (Å²) in [6.45, 7) is 5.24. The van der Waals surface area contributed by atoms with E-state index in [-0.39, 0.29) is 23.4 Å². The van der Waals surface area contributed by atoms with Crippen LogP contribution in [0.4, 0.5) is 16.3 Å². The fraction of sp³-hybridized carbons (Fsp3) is 0.800. The molecule has 3 heterocycles. The van der Waals surface area contributed by atoms with Crippen molar-refractivity contribution in [3.63, 3.8) is 0 Å². The summed E-state index contributed by atoms with van der Waals surface area (Å²) in [6, 6.07) is 0. The van der Waals surface area contributed by atoms with E-state index in [1.807, 2.05) is 16.8 Å². The maximum Gasteiger partial charge on any atom is 0.410 e. The molecule has 0 saturated carbocycles. The van der Waals surface area contributed by atoms with Gasteiger partial charge in [-0.2, -0.15) is 0 Å². The zero-order valence-electron chi connectivity index (χ0n) is 21.3. The Balaban J connectivity index is 1.27. The van der Waals surface area contributed by atoms with Crippen molar-refractivity contribution in [2.75, 3.05) is 43.2 Å². The minimum Gasteiger partial charge on any atom is -0.444 e. The van der Waals surface area contributed by atoms with E-state index in [1.165, 1.54) is 36.7 Å². The Morgan fingerprint density at radius 2 is 1.47 bits per heavy atom. The van der Waals surface area contributed by atoms with E-state index in [1.54, 1.807) is 7.05 Å². The number of aromatic amines is 1. The van der Waals surface area contributed by atoms with Crippen LogP contribution in [0.15, 0.2) is 9.59 Å². The summed E-state index contributed by atoms with van der Waals surface area (Å²) in [5.74, 6) is 0.713. The van der Waals surface area contributed by atoms with E-state index in [4.69, 9.17) is 4.74 Å². The smallest absolute Gasteiger partial charge is 0.410 e. The molecule has 1 N–H and O–H groups in total. The van der Waals surface area contributed by atoms with Crippen molar-refractivity contribution in [3.8, 4) is 0 Å². The van der Waals surface area contributed by atoms with Crippen LogP contribution in [-0.2, 0) is 11.8 Å². The maximum absolute atomic E-state index is 12.2. The molecule has 2 aliphatic heterocycles. The van der Waals surface area contributed by atoms with Gasteiger partial charge in [-0.05, 0) is 25.7 Å². The molecule has 9 nitrogen and oxygen atoms in total. The van der Waals surface area contributed by atoms with Crippen LogP contribution in [0.5, 0.6) is 0 Å². The number of H-pyrrole nitrogens is 1. The second-order valence-electron chi connectivity index (χ2n) is 9.87. The van der Waals surface area contributed by atoms with Crippen LogP contribution in [-0.4, -0.2) is 60.0 Å². The van der Waals surface area contributed by atoms with Crippen molar-refractivity contribution in [3.05, 3.63) is 20.8 Å². The first-order chi connectivity index (χ1) is 16.4. The number of amides is 1. The van der Waals surface area contributed by atoms with Crippen molar-refractivity contribution >= 4 is 17.6 Å². The standard InChI is InChI=1S/C25H43N5O4/c1-4-5-6-7-10-13-16-29-18-20(34-25(29)33)15-12-9-8-11-14-17-30-19-27(2)21-22(31)26-24(32)28(3)23(21)30/h20H,4-19H2,1-3H3,(H,26,31,32). The zero-order valence-corrected chi connectivity index (χ0v) is 21.3. The van der Waals surface area contributed by atoms with Crippen LogP contribution in [0, 0.1) is 0 Å².